The van der Waals surface area contributed by atoms with Gasteiger partial charge < -0.3 is 15.2 Å². The average Bonchev–Trinajstić information content (AvgIpc) is 1.88. The zero-order valence-electron chi connectivity index (χ0n) is 6.09. The second-order valence-corrected chi connectivity index (χ2v) is 1.50. The van der Waals surface area contributed by atoms with Gasteiger partial charge in [-0.2, -0.15) is 0 Å². The van der Waals surface area contributed by atoms with Crippen LogP contribution in [0.3, 0.4) is 0 Å². The quantitative estimate of drug-likeness (QED) is 0.345. The Balaban J connectivity index is 3.75. The van der Waals surface area contributed by atoms with Gasteiger partial charge in [0.25, 0.3) is 0 Å². The Labute approximate surface area is 59.6 Å². The van der Waals surface area contributed by atoms with E-state index in [9.17, 15) is 4.79 Å². The Kier molecular flexibility index (Phi) is 4.11. The molecule has 0 spiro atoms. The Hall–Kier alpha value is -1.19. The summed E-state index contributed by atoms with van der Waals surface area (Å²) in [7, 11) is 1.38. The minimum absolute atomic E-state index is 0.0541. The van der Waals surface area contributed by atoms with E-state index in [0.717, 1.165) is 6.08 Å². The molecule has 10 heavy (non-hydrogen) atoms. The van der Waals surface area contributed by atoms with Crippen LogP contribution in [0.15, 0.2) is 12.0 Å². The summed E-state index contributed by atoms with van der Waals surface area (Å²) in [6.45, 7) is 2.06. The number of nitrogens with two attached hydrogens (primary N) is 1. The summed E-state index contributed by atoms with van der Waals surface area (Å²) in [5, 5.41) is 0. The topological polar surface area (TPSA) is 61.5 Å². The van der Waals surface area contributed by atoms with Gasteiger partial charge >= 0.3 is 5.97 Å². The molecule has 0 saturated carbocycles. The molecule has 4 heteroatoms. The highest BCUT2D eigenvalue weighted by Gasteiger charge is 1.96. The van der Waals surface area contributed by atoms with Crippen molar-refractivity contribution >= 4 is 5.97 Å². The SMILES string of the molecule is CCOC(=O)C=C(N)OC. The highest BCUT2D eigenvalue weighted by atomic mass is 16.5. The van der Waals surface area contributed by atoms with Crippen molar-refractivity contribution in [2.24, 2.45) is 5.73 Å². The first kappa shape index (κ1) is 8.81. The van der Waals surface area contributed by atoms with Gasteiger partial charge in [-0.25, -0.2) is 4.79 Å². The molecule has 0 heterocycles. The van der Waals surface area contributed by atoms with Crippen LogP contribution in [0.5, 0.6) is 0 Å². The van der Waals surface area contributed by atoms with E-state index in [1.54, 1.807) is 6.92 Å². The van der Waals surface area contributed by atoms with Gasteiger partial charge in [0.15, 0.2) is 5.88 Å². The van der Waals surface area contributed by atoms with Crippen molar-refractivity contribution in [3.8, 4) is 0 Å². The van der Waals surface area contributed by atoms with Crippen LogP contribution in [0.25, 0.3) is 0 Å². The zero-order chi connectivity index (χ0) is 7.98. The van der Waals surface area contributed by atoms with Crippen LogP contribution in [0.1, 0.15) is 6.92 Å². The van der Waals surface area contributed by atoms with E-state index < -0.39 is 5.97 Å². The molecule has 0 aliphatic rings. The van der Waals surface area contributed by atoms with Gasteiger partial charge in [0.2, 0.25) is 0 Å². The van der Waals surface area contributed by atoms with E-state index in [-0.39, 0.29) is 5.88 Å². The van der Waals surface area contributed by atoms with Gasteiger partial charge in [-0.15, -0.1) is 0 Å². The molecule has 2 N–H and O–H groups in total. The third-order valence-corrected chi connectivity index (χ3v) is 0.782. The van der Waals surface area contributed by atoms with Crippen molar-refractivity contribution in [1.82, 2.24) is 0 Å². The lowest BCUT2D eigenvalue weighted by atomic mass is 10.6. The second kappa shape index (κ2) is 4.67. The van der Waals surface area contributed by atoms with Crippen molar-refractivity contribution in [2.45, 2.75) is 6.92 Å². The van der Waals surface area contributed by atoms with Crippen molar-refractivity contribution in [2.75, 3.05) is 13.7 Å². The molecule has 0 saturated heterocycles. The van der Waals surface area contributed by atoms with Crippen LogP contribution in [0.2, 0.25) is 0 Å². The van der Waals surface area contributed by atoms with Crippen molar-refractivity contribution < 1.29 is 14.3 Å². The molecule has 0 aromatic carbocycles. The maximum Gasteiger partial charge on any atom is 0.336 e. The molecule has 0 bridgehead atoms. The molecular formula is C6H11NO3. The highest BCUT2D eigenvalue weighted by molar-refractivity contribution is 5.82. The normalized spacial score (nSPS) is 10.8. The van der Waals surface area contributed by atoms with Crippen molar-refractivity contribution in [3.05, 3.63) is 12.0 Å². The molecule has 4 nitrogen and oxygen atoms in total. The second-order valence-electron chi connectivity index (χ2n) is 1.50. The fourth-order valence-corrected chi connectivity index (χ4v) is 0.359. The monoisotopic (exact) mass is 145 g/mol. The van der Waals surface area contributed by atoms with Gasteiger partial charge in [0.1, 0.15) is 0 Å². The molecule has 0 fully saturated rings. The highest BCUT2D eigenvalue weighted by Crippen LogP contribution is 1.86. The van der Waals surface area contributed by atoms with E-state index in [1.165, 1.54) is 7.11 Å². The van der Waals surface area contributed by atoms with Gasteiger partial charge in [-0.05, 0) is 6.92 Å². The summed E-state index contributed by atoms with van der Waals surface area (Å²) in [6.07, 6.45) is 1.09. The van der Waals surface area contributed by atoms with Gasteiger partial charge in [-0.1, -0.05) is 0 Å². The number of esters is 1. The van der Waals surface area contributed by atoms with E-state index in [2.05, 4.69) is 9.47 Å². The van der Waals surface area contributed by atoms with E-state index >= 15 is 0 Å². The first-order valence-electron chi connectivity index (χ1n) is 2.88. The molecule has 0 amide bonds. The van der Waals surface area contributed by atoms with E-state index in [4.69, 9.17) is 5.73 Å². The molecule has 0 aromatic heterocycles. The van der Waals surface area contributed by atoms with E-state index in [1.807, 2.05) is 0 Å². The lowest BCUT2D eigenvalue weighted by Gasteiger charge is -1.97. The third kappa shape index (κ3) is 3.77. The lowest BCUT2D eigenvalue weighted by Crippen LogP contribution is -2.06. The fraction of sp³-hybridized carbons (Fsp3) is 0.500. The van der Waals surface area contributed by atoms with Crippen LogP contribution in [0.4, 0.5) is 0 Å². The summed E-state index contributed by atoms with van der Waals surface area (Å²) >= 11 is 0. The lowest BCUT2D eigenvalue weighted by molar-refractivity contribution is -0.137. The molecule has 0 atom stereocenters. The zero-order valence-corrected chi connectivity index (χ0v) is 6.09. The van der Waals surface area contributed by atoms with Crippen molar-refractivity contribution in [1.29, 1.82) is 0 Å². The standard InChI is InChI=1S/C6H11NO3/c1-3-10-6(8)4-5(7)9-2/h4H,3,7H2,1-2H3. The number of hydrogen-bond acceptors (Lipinski definition) is 4. The molecule has 58 valence electrons. The van der Waals surface area contributed by atoms with Crippen LogP contribution >= 0.6 is 0 Å². The first-order chi connectivity index (χ1) is 4.70. The number of hydrogen-bond donors (Lipinski definition) is 1. The fourth-order valence-electron chi connectivity index (χ4n) is 0.359. The largest absolute Gasteiger partial charge is 0.482 e. The summed E-state index contributed by atoms with van der Waals surface area (Å²) < 4.78 is 9.04. The predicted octanol–water partition coefficient (Wildman–Crippen LogP) is -0.00400. The minimum atomic E-state index is -0.484. The number of methoxy groups -OCH3 is 1. The predicted molar refractivity (Wildman–Crippen MR) is 35.9 cm³/mol. The molecule has 0 aliphatic heterocycles. The first-order valence-corrected chi connectivity index (χ1v) is 2.88. The smallest absolute Gasteiger partial charge is 0.336 e. The van der Waals surface area contributed by atoms with Crippen LogP contribution in [0, 0.1) is 0 Å². The van der Waals surface area contributed by atoms with Gasteiger partial charge in [0.05, 0.1) is 19.8 Å². The summed E-state index contributed by atoms with van der Waals surface area (Å²) in [6, 6.07) is 0. The Morgan fingerprint density at radius 2 is 2.30 bits per heavy atom. The molecule has 0 unspecified atom stereocenters. The van der Waals surface area contributed by atoms with Crippen molar-refractivity contribution in [3.63, 3.8) is 0 Å². The number of carbonyl (C=O) groups is 1. The number of rotatable bonds is 3. The number of ether oxygens (including phenoxy) is 2. The van der Waals surface area contributed by atoms with Crippen LogP contribution < -0.4 is 5.73 Å². The Bertz CT molecular complexity index is 142. The maximum atomic E-state index is 10.6. The molecule has 0 radical (unpaired) electrons. The van der Waals surface area contributed by atoms with Crippen LogP contribution in [-0.2, 0) is 14.3 Å². The van der Waals surface area contributed by atoms with Gasteiger partial charge in [-0.3, -0.25) is 0 Å². The molecule has 0 aromatic rings. The summed E-state index contributed by atoms with van der Waals surface area (Å²) in [5.74, 6) is -0.430. The van der Waals surface area contributed by atoms with E-state index in [0.29, 0.717) is 6.61 Å². The summed E-state index contributed by atoms with van der Waals surface area (Å²) in [5.41, 5.74) is 5.14. The molecular weight excluding hydrogens is 134 g/mol. The Morgan fingerprint density at radius 1 is 1.70 bits per heavy atom. The summed E-state index contributed by atoms with van der Waals surface area (Å²) in [4.78, 5) is 10.6. The Morgan fingerprint density at radius 3 is 2.70 bits per heavy atom. The van der Waals surface area contributed by atoms with Crippen LogP contribution in [-0.4, -0.2) is 19.7 Å². The molecule has 0 aliphatic carbocycles. The maximum absolute atomic E-state index is 10.6. The number of carbonyl (C=O) groups excluding carboxylic acids is 1. The third-order valence-electron chi connectivity index (χ3n) is 0.782. The average molecular weight is 145 g/mol. The molecule has 0 rings (SSSR count). The van der Waals surface area contributed by atoms with Gasteiger partial charge in [0, 0.05) is 0 Å². The minimum Gasteiger partial charge on any atom is -0.482 e.